The number of ether oxygens (including phenoxy) is 3. The van der Waals surface area contributed by atoms with Gasteiger partial charge in [-0.05, 0) is 31.0 Å². The Kier molecular flexibility index (Phi) is 6.19. The van der Waals surface area contributed by atoms with Crippen LogP contribution in [-0.4, -0.2) is 26.8 Å². The zero-order valence-electron chi connectivity index (χ0n) is 12.1. The quantitative estimate of drug-likeness (QED) is 0.711. The maximum atomic E-state index is 12.0. The van der Waals surface area contributed by atoms with Gasteiger partial charge in [-0.1, -0.05) is 13.3 Å². The van der Waals surface area contributed by atoms with Crippen molar-refractivity contribution >= 4 is 5.97 Å². The third kappa shape index (κ3) is 4.16. The van der Waals surface area contributed by atoms with Crippen LogP contribution in [0, 0.1) is 0 Å². The molecule has 1 aromatic carbocycles. The van der Waals surface area contributed by atoms with E-state index in [1.54, 1.807) is 20.3 Å². The summed E-state index contributed by atoms with van der Waals surface area (Å²) < 4.78 is 15.6. The average molecular weight is 266 g/mol. The minimum Gasteiger partial charge on any atom is -0.497 e. The van der Waals surface area contributed by atoms with Crippen LogP contribution in [0.5, 0.6) is 11.5 Å². The number of carbonyl (C=O) groups is 1. The molecule has 0 aliphatic rings. The van der Waals surface area contributed by atoms with E-state index < -0.39 is 0 Å². The summed E-state index contributed by atoms with van der Waals surface area (Å²) in [6.07, 6.45) is 1.65. The molecular formula is C15H22O4. The lowest BCUT2D eigenvalue weighted by molar-refractivity contribution is -0.145. The number of benzene rings is 1. The van der Waals surface area contributed by atoms with Gasteiger partial charge in [0, 0.05) is 6.07 Å². The van der Waals surface area contributed by atoms with E-state index in [0.717, 1.165) is 18.4 Å². The summed E-state index contributed by atoms with van der Waals surface area (Å²) in [4.78, 5) is 12.0. The standard InChI is InChI=1S/C15H22O4/c1-5-7-14(15(16)19-6-2)11-8-12(17-3)10-13(9-11)18-4/h8-10,14H,5-7H2,1-4H3. The molecule has 4 nitrogen and oxygen atoms in total. The van der Waals surface area contributed by atoms with Crippen molar-refractivity contribution in [3.05, 3.63) is 23.8 Å². The minimum atomic E-state index is -0.269. The summed E-state index contributed by atoms with van der Waals surface area (Å²) in [5, 5.41) is 0. The van der Waals surface area contributed by atoms with E-state index in [4.69, 9.17) is 14.2 Å². The van der Waals surface area contributed by atoms with Gasteiger partial charge in [-0.2, -0.15) is 0 Å². The van der Waals surface area contributed by atoms with Crippen molar-refractivity contribution in [2.24, 2.45) is 0 Å². The first-order valence-corrected chi connectivity index (χ1v) is 6.55. The SMILES string of the molecule is CCCC(C(=O)OCC)c1cc(OC)cc(OC)c1. The Morgan fingerprint density at radius 2 is 1.68 bits per heavy atom. The molecule has 0 aromatic heterocycles. The lowest BCUT2D eigenvalue weighted by Crippen LogP contribution is -2.16. The summed E-state index contributed by atoms with van der Waals surface area (Å²) in [6, 6.07) is 5.51. The Morgan fingerprint density at radius 1 is 1.11 bits per heavy atom. The number of hydrogen-bond donors (Lipinski definition) is 0. The molecule has 0 fully saturated rings. The van der Waals surface area contributed by atoms with Crippen LogP contribution in [-0.2, 0) is 9.53 Å². The van der Waals surface area contributed by atoms with Crippen molar-refractivity contribution in [3.8, 4) is 11.5 Å². The molecule has 0 spiro atoms. The van der Waals surface area contributed by atoms with Crippen molar-refractivity contribution in [2.45, 2.75) is 32.6 Å². The average Bonchev–Trinajstić information content (AvgIpc) is 2.44. The second kappa shape index (κ2) is 7.67. The van der Waals surface area contributed by atoms with Gasteiger partial charge in [-0.25, -0.2) is 0 Å². The molecule has 0 saturated heterocycles. The predicted molar refractivity (Wildman–Crippen MR) is 73.8 cm³/mol. The third-order valence-corrected chi connectivity index (χ3v) is 2.92. The Balaban J connectivity index is 3.09. The van der Waals surface area contributed by atoms with Crippen LogP contribution in [0.4, 0.5) is 0 Å². The Bertz CT molecular complexity index is 392. The lowest BCUT2D eigenvalue weighted by atomic mass is 9.94. The van der Waals surface area contributed by atoms with Gasteiger partial charge < -0.3 is 14.2 Å². The Morgan fingerprint density at radius 3 is 2.11 bits per heavy atom. The molecular weight excluding hydrogens is 244 g/mol. The van der Waals surface area contributed by atoms with Crippen molar-refractivity contribution in [1.82, 2.24) is 0 Å². The molecule has 0 aliphatic carbocycles. The van der Waals surface area contributed by atoms with E-state index in [0.29, 0.717) is 18.1 Å². The van der Waals surface area contributed by atoms with E-state index in [1.165, 1.54) is 0 Å². The smallest absolute Gasteiger partial charge is 0.313 e. The molecule has 0 N–H and O–H groups in total. The molecule has 0 aliphatic heterocycles. The van der Waals surface area contributed by atoms with E-state index in [1.807, 2.05) is 26.0 Å². The van der Waals surface area contributed by atoms with Gasteiger partial charge in [0.1, 0.15) is 11.5 Å². The maximum absolute atomic E-state index is 12.0. The number of rotatable bonds is 7. The van der Waals surface area contributed by atoms with Crippen molar-refractivity contribution in [1.29, 1.82) is 0 Å². The molecule has 1 rings (SSSR count). The largest absolute Gasteiger partial charge is 0.497 e. The number of carbonyl (C=O) groups excluding carboxylic acids is 1. The number of methoxy groups -OCH3 is 2. The van der Waals surface area contributed by atoms with Gasteiger partial charge in [-0.15, -0.1) is 0 Å². The molecule has 0 radical (unpaired) electrons. The molecule has 4 heteroatoms. The summed E-state index contributed by atoms with van der Waals surface area (Å²) in [7, 11) is 3.19. The third-order valence-electron chi connectivity index (χ3n) is 2.92. The van der Waals surface area contributed by atoms with Crippen LogP contribution >= 0.6 is 0 Å². The first-order valence-electron chi connectivity index (χ1n) is 6.55. The summed E-state index contributed by atoms with van der Waals surface area (Å²) in [5.74, 6) is 0.896. The van der Waals surface area contributed by atoms with E-state index in [-0.39, 0.29) is 11.9 Å². The molecule has 19 heavy (non-hydrogen) atoms. The van der Waals surface area contributed by atoms with E-state index in [9.17, 15) is 4.79 Å². The zero-order valence-corrected chi connectivity index (χ0v) is 12.1. The van der Waals surface area contributed by atoms with Crippen LogP contribution in [0.2, 0.25) is 0 Å². The summed E-state index contributed by atoms with van der Waals surface area (Å²) >= 11 is 0. The van der Waals surface area contributed by atoms with Crippen molar-refractivity contribution < 1.29 is 19.0 Å². The van der Waals surface area contributed by atoms with Gasteiger partial charge in [-0.3, -0.25) is 4.79 Å². The molecule has 0 amide bonds. The minimum absolute atomic E-state index is 0.195. The highest BCUT2D eigenvalue weighted by Gasteiger charge is 2.22. The first kappa shape index (κ1) is 15.3. The zero-order chi connectivity index (χ0) is 14.3. The molecule has 0 saturated carbocycles. The van der Waals surface area contributed by atoms with Crippen LogP contribution < -0.4 is 9.47 Å². The molecule has 1 aromatic rings. The molecule has 0 bridgehead atoms. The molecule has 106 valence electrons. The fourth-order valence-electron chi connectivity index (χ4n) is 1.98. The van der Waals surface area contributed by atoms with Gasteiger partial charge in [0.2, 0.25) is 0 Å². The summed E-state index contributed by atoms with van der Waals surface area (Å²) in [5.41, 5.74) is 0.872. The van der Waals surface area contributed by atoms with Gasteiger partial charge >= 0.3 is 5.97 Å². The highest BCUT2D eigenvalue weighted by Crippen LogP contribution is 2.30. The normalized spacial score (nSPS) is 11.8. The molecule has 1 unspecified atom stereocenters. The number of hydrogen-bond acceptors (Lipinski definition) is 4. The summed E-state index contributed by atoms with van der Waals surface area (Å²) in [6.45, 7) is 4.25. The van der Waals surface area contributed by atoms with Crippen LogP contribution in [0.25, 0.3) is 0 Å². The maximum Gasteiger partial charge on any atom is 0.313 e. The van der Waals surface area contributed by atoms with Crippen LogP contribution in [0.1, 0.15) is 38.2 Å². The van der Waals surface area contributed by atoms with Gasteiger partial charge in [0.05, 0.1) is 26.7 Å². The lowest BCUT2D eigenvalue weighted by Gasteiger charge is -2.17. The second-order valence-electron chi connectivity index (χ2n) is 4.24. The van der Waals surface area contributed by atoms with E-state index in [2.05, 4.69) is 0 Å². The topological polar surface area (TPSA) is 44.8 Å². The molecule has 1 atom stereocenters. The molecule has 0 heterocycles. The van der Waals surface area contributed by atoms with E-state index >= 15 is 0 Å². The predicted octanol–water partition coefficient (Wildman–Crippen LogP) is 3.15. The van der Waals surface area contributed by atoms with Crippen LogP contribution in [0.15, 0.2) is 18.2 Å². The van der Waals surface area contributed by atoms with Gasteiger partial charge in [0.15, 0.2) is 0 Å². The Hall–Kier alpha value is -1.71. The highest BCUT2D eigenvalue weighted by atomic mass is 16.5. The highest BCUT2D eigenvalue weighted by molar-refractivity contribution is 5.78. The second-order valence-corrected chi connectivity index (χ2v) is 4.24. The Labute approximate surface area is 114 Å². The fourth-order valence-corrected chi connectivity index (χ4v) is 1.98. The van der Waals surface area contributed by atoms with Crippen LogP contribution in [0.3, 0.4) is 0 Å². The van der Waals surface area contributed by atoms with Crippen molar-refractivity contribution in [2.75, 3.05) is 20.8 Å². The number of esters is 1. The first-order chi connectivity index (χ1) is 9.15. The van der Waals surface area contributed by atoms with Crippen molar-refractivity contribution in [3.63, 3.8) is 0 Å². The van der Waals surface area contributed by atoms with Gasteiger partial charge in [0.25, 0.3) is 0 Å². The monoisotopic (exact) mass is 266 g/mol. The fraction of sp³-hybridized carbons (Fsp3) is 0.533.